The lowest BCUT2D eigenvalue weighted by atomic mass is 10.7. The molecule has 5 heteroatoms. The third-order valence-electron chi connectivity index (χ3n) is 0.671. The first-order chi connectivity index (χ1) is 3.95. The standard InChI is InChI=1S/C4H9O4P/c1-4(8-2)3-9(5,6)7/h1,3H2,2H3,(H2,5,6,7). The number of ether oxygens (including phenoxy) is 1. The van der Waals surface area contributed by atoms with Crippen molar-refractivity contribution in [2.24, 2.45) is 0 Å². The van der Waals surface area contributed by atoms with Crippen LogP contribution in [-0.2, 0) is 9.30 Å². The summed E-state index contributed by atoms with van der Waals surface area (Å²) in [5.41, 5.74) is 0. The van der Waals surface area contributed by atoms with Crippen LogP contribution in [0.5, 0.6) is 0 Å². The number of methoxy groups -OCH3 is 1. The van der Waals surface area contributed by atoms with Gasteiger partial charge in [0.15, 0.2) is 0 Å². The summed E-state index contributed by atoms with van der Waals surface area (Å²) in [6.45, 7) is 3.24. The lowest BCUT2D eigenvalue weighted by Crippen LogP contribution is -1.92. The van der Waals surface area contributed by atoms with Crippen LogP contribution in [0.4, 0.5) is 0 Å². The van der Waals surface area contributed by atoms with Gasteiger partial charge in [-0.05, 0) is 0 Å². The molecular formula is C4H9O4P. The molecule has 54 valence electrons. The fourth-order valence-electron chi connectivity index (χ4n) is 0.294. The van der Waals surface area contributed by atoms with Crippen molar-refractivity contribution in [1.29, 1.82) is 0 Å². The van der Waals surface area contributed by atoms with E-state index >= 15 is 0 Å². The van der Waals surface area contributed by atoms with Gasteiger partial charge in [0.25, 0.3) is 0 Å². The molecule has 0 saturated carbocycles. The summed E-state index contributed by atoms with van der Waals surface area (Å²) in [6, 6.07) is 0. The van der Waals surface area contributed by atoms with Crippen LogP contribution in [0.1, 0.15) is 0 Å². The maximum absolute atomic E-state index is 10.2. The molecule has 0 aliphatic carbocycles. The number of hydrogen-bond acceptors (Lipinski definition) is 2. The van der Waals surface area contributed by atoms with Crippen LogP contribution >= 0.6 is 7.60 Å². The molecule has 2 N–H and O–H groups in total. The van der Waals surface area contributed by atoms with Gasteiger partial charge in [-0.25, -0.2) is 0 Å². The summed E-state index contributed by atoms with van der Waals surface area (Å²) in [5.74, 6) is 0.100. The predicted octanol–water partition coefficient (Wildman–Crippen LogP) is 0.324. The summed E-state index contributed by atoms with van der Waals surface area (Å²) in [5, 5.41) is 0. The highest BCUT2D eigenvalue weighted by Crippen LogP contribution is 2.36. The van der Waals surface area contributed by atoms with Crippen LogP contribution in [0, 0.1) is 0 Å². The Hall–Kier alpha value is -0.310. The van der Waals surface area contributed by atoms with E-state index in [4.69, 9.17) is 9.79 Å². The number of hydrogen-bond donors (Lipinski definition) is 2. The van der Waals surface area contributed by atoms with Crippen LogP contribution in [0.3, 0.4) is 0 Å². The largest absolute Gasteiger partial charge is 0.501 e. The molecule has 0 saturated heterocycles. The van der Waals surface area contributed by atoms with Gasteiger partial charge in [0.1, 0.15) is 11.9 Å². The second kappa shape index (κ2) is 3.01. The molecule has 0 rings (SSSR count). The maximum Gasteiger partial charge on any atom is 0.333 e. The van der Waals surface area contributed by atoms with E-state index in [1.54, 1.807) is 0 Å². The molecule has 9 heavy (non-hydrogen) atoms. The third-order valence-corrected chi connectivity index (χ3v) is 1.44. The molecular weight excluding hydrogens is 143 g/mol. The zero-order chi connectivity index (χ0) is 7.49. The Kier molecular flexibility index (Phi) is 2.91. The summed E-state index contributed by atoms with van der Waals surface area (Å²) in [6.07, 6.45) is -0.399. The van der Waals surface area contributed by atoms with Crippen molar-refractivity contribution in [2.75, 3.05) is 13.3 Å². The van der Waals surface area contributed by atoms with Crippen molar-refractivity contribution in [2.45, 2.75) is 0 Å². The molecule has 0 amide bonds. The Balaban J connectivity index is 3.75. The molecule has 0 bridgehead atoms. The second-order valence-electron chi connectivity index (χ2n) is 1.57. The molecule has 0 spiro atoms. The van der Waals surface area contributed by atoms with Gasteiger partial charge in [-0.3, -0.25) is 4.57 Å². The predicted molar refractivity (Wildman–Crippen MR) is 33.1 cm³/mol. The molecule has 0 aromatic heterocycles. The zero-order valence-corrected chi connectivity index (χ0v) is 5.97. The molecule has 0 fully saturated rings. The van der Waals surface area contributed by atoms with E-state index in [0.29, 0.717) is 0 Å². The first kappa shape index (κ1) is 8.69. The Morgan fingerprint density at radius 1 is 1.78 bits per heavy atom. The van der Waals surface area contributed by atoms with Gasteiger partial charge in [-0.15, -0.1) is 0 Å². The monoisotopic (exact) mass is 152 g/mol. The fourth-order valence-corrected chi connectivity index (χ4v) is 0.883. The van der Waals surface area contributed by atoms with Gasteiger partial charge in [0.05, 0.1) is 7.11 Å². The number of allylic oxidation sites excluding steroid dienone is 1. The quantitative estimate of drug-likeness (QED) is 0.451. The van der Waals surface area contributed by atoms with Crippen molar-refractivity contribution in [3.63, 3.8) is 0 Å². The average molecular weight is 152 g/mol. The molecule has 0 aliphatic heterocycles. The molecule has 0 aromatic carbocycles. The molecule has 0 heterocycles. The van der Waals surface area contributed by atoms with E-state index in [-0.39, 0.29) is 5.76 Å². The van der Waals surface area contributed by atoms with Gasteiger partial charge in [-0.2, -0.15) is 0 Å². The molecule has 4 nitrogen and oxygen atoms in total. The van der Waals surface area contributed by atoms with Crippen molar-refractivity contribution in [3.8, 4) is 0 Å². The lowest BCUT2D eigenvalue weighted by Gasteiger charge is -2.04. The van der Waals surface area contributed by atoms with Crippen LogP contribution in [0.15, 0.2) is 12.3 Å². The topological polar surface area (TPSA) is 66.8 Å². The van der Waals surface area contributed by atoms with Crippen LogP contribution in [0.25, 0.3) is 0 Å². The Morgan fingerprint density at radius 3 is 2.33 bits per heavy atom. The smallest absolute Gasteiger partial charge is 0.333 e. The summed E-state index contributed by atoms with van der Waals surface area (Å²) in [7, 11) is -2.65. The minimum atomic E-state index is -3.96. The third kappa shape index (κ3) is 5.56. The highest BCUT2D eigenvalue weighted by atomic mass is 31.2. The van der Waals surface area contributed by atoms with Gasteiger partial charge in [0, 0.05) is 0 Å². The molecule has 0 radical (unpaired) electrons. The molecule has 0 aromatic rings. The first-order valence-corrected chi connectivity index (χ1v) is 4.02. The van der Waals surface area contributed by atoms with Crippen molar-refractivity contribution in [3.05, 3.63) is 12.3 Å². The normalized spacial score (nSPS) is 11.0. The van der Waals surface area contributed by atoms with E-state index in [9.17, 15) is 4.57 Å². The summed E-state index contributed by atoms with van der Waals surface area (Å²) < 4.78 is 14.6. The lowest BCUT2D eigenvalue weighted by molar-refractivity contribution is 0.287. The van der Waals surface area contributed by atoms with Gasteiger partial charge >= 0.3 is 7.60 Å². The van der Waals surface area contributed by atoms with E-state index in [1.807, 2.05) is 0 Å². The summed E-state index contributed by atoms with van der Waals surface area (Å²) in [4.78, 5) is 16.6. The van der Waals surface area contributed by atoms with Crippen LogP contribution in [-0.4, -0.2) is 23.1 Å². The van der Waals surface area contributed by atoms with E-state index < -0.39 is 13.8 Å². The van der Waals surface area contributed by atoms with Crippen LogP contribution < -0.4 is 0 Å². The van der Waals surface area contributed by atoms with E-state index in [2.05, 4.69) is 11.3 Å². The van der Waals surface area contributed by atoms with E-state index in [1.165, 1.54) is 7.11 Å². The van der Waals surface area contributed by atoms with Gasteiger partial charge in [0.2, 0.25) is 0 Å². The van der Waals surface area contributed by atoms with Gasteiger partial charge in [-0.1, -0.05) is 6.58 Å². The maximum atomic E-state index is 10.2. The number of rotatable bonds is 3. The first-order valence-electron chi connectivity index (χ1n) is 2.22. The SMILES string of the molecule is C=C(CP(=O)(O)O)OC. The van der Waals surface area contributed by atoms with Gasteiger partial charge < -0.3 is 14.5 Å². The Labute approximate surface area is 53.3 Å². The van der Waals surface area contributed by atoms with Crippen LogP contribution in [0.2, 0.25) is 0 Å². The zero-order valence-electron chi connectivity index (χ0n) is 5.07. The minimum absolute atomic E-state index is 0.100. The Morgan fingerprint density at radius 2 is 2.22 bits per heavy atom. The fraction of sp³-hybridized carbons (Fsp3) is 0.500. The van der Waals surface area contributed by atoms with Crippen molar-refractivity contribution < 1.29 is 19.1 Å². The molecule has 0 aliphatic rings. The highest BCUT2D eigenvalue weighted by molar-refractivity contribution is 7.52. The average Bonchev–Trinajstić information content (AvgIpc) is 1.62. The molecule has 0 unspecified atom stereocenters. The van der Waals surface area contributed by atoms with Crippen molar-refractivity contribution in [1.82, 2.24) is 0 Å². The van der Waals surface area contributed by atoms with Crippen molar-refractivity contribution >= 4 is 7.60 Å². The van der Waals surface area contributed by atoms with E-state index in [0.717, 1.165) is 0 Å². The molecule has 0 atom stereocenters. The highest BCUT2D eigenvalue weighted by Gasteiger charge is 2.14. The minimum Gasteiger partial charge on any atom is -0.501 e. The summed E-state index contributed by atoms with van der Waals surface area (Å²) >= 11 is 0. The second-order valence-corrected chi connectivity index (χ2v) is 3.21. The Bertz CT molecular complexity index is 147.